The lowest BCUT2D eigenvalue weighted by atomic mass is 10.1. The van der Waals surface area contributed by atoms with Gasteiger partial charge in [-0.05, 0) is 40.0 Å². The van der Waals surface area contributed by atoms with E-state index in [9.17, 15) is 33.7 Å². The summed E-state index contributed by atoms with van der Waals surface area (Å²) in [6.07, 6.45) is -4.24. The first kappa shape index (κ1) is 20.8. The van der Waals surface area contributed by atoms with E-state index in [2.05, 4.69) is 15.9 Å². The molecule has 0 amide bonds. The Balaban J connectivity index is 1.94. The van der Waals surface area contributed by atoms with E-state index in [0.717, 1.165) is 27.5 Å². The van der Waals surface area contributed by atoms with E-state index in [-0.39, 0.29) is 23.0 Å². The molecular formula is C17H17BrF2N2O6. The van der Waals surface area contributed by atoms with E-state index in [4.69, 9.17) is 4.74 Å². The van der Waals surface area contributed by atoms with Gasteiger partial charge in [-0.3, -0.25) is 13.9 Å². The largest absolute Gasteiger partial charge is 0.394 e. The summed E-state index contributed by atoms with van der Waals surface area (Å²) in [5.74, 6) is -1.55. The maximum atomic E-state index is 13.3. The molecule has 1 aromatic heterocycles. The molecule has 0 saturated carbocycles. The van der Waals surface area contributed by atoms with Gasteiger partial charge >= 0.3 is 5.69 Å². The summed E-state index contributed by atoms with van der Waals surface area (Å²) in [5.41, 5.74) is -1.27. The summed E-state index contributed by atoms with van der Waals surface area (Å²) in [7, 11) is 0. The van der Waals surface area contributed by atoms with Crippen LogP contribution in [0.2, 0.25) is 0 Å². The van der Waals surface area contributed by atoms with Crippen LogP contribution in [0.25, 0.3) is 0 Å². The zero-order valence-electron chi connectivity index (χ0n) is 14.3. The molecule has 1 aliphatic rings. The number of aliphatic hydroxyl groups excluding tert-OH is 3. The molecule has 2 heterocycles. The Morgan fingerprint density at radius 2 is 1.75 bits per heavy atom. The van der Waals surface area contributed by atoms with Crippen LogP contribution in [0.4, 0.5) is 8.78 Å². The van der Waals surface area contributed by atoms with E-state index in [1.165, 1.54) is 0 Å². The van der Waals surface area contributed by atoms with Gasteiger partial charge in [0.05, 0.1) is 11.1 Å². The maximum Gasteiger partial charge on any atom is 0.333 e. The second-order valence-corrected chi connectivity index (χ2v) is 7.23. The number of rotatable bonds is 5. The monoisotopic (exact) mass is 462 g/mol. The SMILES string of the molecule is O=c1c(Br)cn([C@@H]2O[C@H](CO)[C@@H](O)[C@H]2O)c(=O)n1CCc1cc(F)cc(F)c1. The van der Waals surface area contributed by atoms with Crippen LogP contribution in [0, 0.1) is 11.6 Å². The molecule has 11 heteroatoms. The number of ether oxygens (including phenoxy) is 1. The molecule has 1 fully saturated rings. The molecule has 3 N–H and O–H groups in total. The molecule has 0 spiro atoms. The van der Waals surface area contributed by atoms with Gasteiger partial charge in [0.1, 0.15) is 29.9 Å². The van der Waals surface area contributed by atoms with E-state index >= 15 is 0 Å². The fourth-order valence-electron chi connectivity index (χ4n) is 3.07. The van der Waals surface area contributed by atoms with E-state index < -0.39 is 54.0 Å². The maximum absolute atomic E-state index is 13.3. The lowest BCUT2D eigenvalue weighted by molar-refractivity contribution is -0.0557. The van der Waals surface area contributed by atoms with Crippen LogP contribution in [-0.2, 0) is 17.7 Å². The topological polar surface area (TPSA) is 114 Å². The third-order valence-electron chi connectivity index (χ3n) is 4.49. The molecule has 8 nitrogen and oxygen atoms in total. The summed E-state index contributed by atoms with van der Waals surface area (Å²) in [4.78, 5) is 25.1. The van der Waals surface area contributed by atoms with Crippen molar-refractivity contribution in [3.05, 3.63) is 66.9 Å². The van der Waals surface area contributed by atoms with Crippen molar-refractivity contribution in [2.45, 2.75) is 37.5 Å². The second-order valence-electron chi connectivity index (χ2n) is 6.38. The molecule has 2 aromatic rings. The number of hydrogen-bond donors (Lipinski definition) is 3. The van der Waals surface area contributed by atoms with Crippen LogP contribution < -0.4 is 11.2 Å². The predicted molar refractivity (Wildman–Crippen MR) is 95.7 cm³/mol. The van der Waals surface area contributed by atoms with Crippen molar-refractivity contribution in [3.63, 3.8) is 0 Å². The fourth-order valence-corrected chi connectivity index (χ4v) is 3.51. The van der Waals surface area contributed by atoms with Gasteiger partial charge in [0.15, 0.2) is 6.23 Å². The minimum Gasteiger partial charge on any atom is -0.394 e. The highest BCUT2D eigenvalue weighted by Crippen LogP contribution is 2.28. The Kier molecular flexibility index (Phi) is 6.10. The molecule has 1 saturated heterocycles. The van der Waals surface area contributed by atoms with Gasteiger partial charge in [-0.1, -0.05) is 0 Å². The molecule has 0 unspecified atom stereocenters. The van der Waals surface area contributed by atoms with Gasteiger partial charge in [0.25, 0.3) is 5.56 Å². The van der Waals surface area contributed by atoms with Gasteiger partial charge in [-0.15, -0.1) is 0 Å². The first-order chi connectivity index (χ1) is 13.2. The van der Waals surface area contributed by atoms with Crippen LogP contribution in [0.3, 0.4) is 0 Å². The average molecular weight is 463 g/mol. The van der Waals surface area contributed by atoms with E-state index in [0.29, 0.717) is 6.07 Å². The van der Waals surface area contributed by atoms with E-state index in [1.54, 1.807) is 0 Å². The highest BCUT2D eigenvalue weighted by atomic mass is 79.9. The van der Waals surface area contributed by atoms with Crippen molar-refractivity contribution in [1.82, 2.24) is 9.13 Å². The van der Waals surface area contributed by atoms with Crippen molar-refractivity contribution in [2.24, 2.45) is 0 Å². The Morgan fingerprint density at radius 3 is 2.32 bits per heavy atom. The van der Waals surface area contributed by atoms with Gasteiger partial charge < -0.3 is 20.1 Å². The Bertz CT molecular complexity index is 974. The molecule has 0 aliphatic carbocycles. The summed E-state index contributed by atoms with van der Waals surface area (Å²) in [5, 5.41) is 29.2. The number of aromatic nitrogens is 2. The molecule has 152 valence electrons. The van der Waals surface area contributed by atoms with Crippen molar-refractivity contribution >= 4 is 15.9 Å². The minimum absolute atomic E-state index is 0.00372. The van der Waals surface area contributed by atoms with Crippen molar-refractivity contribution < 1.29 is 28.8 Å². The van der Waals surface area contributed by atoms with Crippen LogP contribution in [-0.4, -0.2) is 49.4 Å². The van der Waals surface area contributed by atoms with Crippen LogP contribution in [0.5, 0.6) is 0 Å². The first-order valence-electron chi connectivity index (χ1n) is 8.32. The first-order valence-corrected chi connectivity index (χ1v) is 9.11. The van der Waals surface area contributed by atoms with Crippen molar-refractivity contribution in [3.8, 4) is 0 Å². The number of halogens is 3. The number of hydrogen-bond acceptors (Lipinski definition) is 6. The lowest BCUT2D eigenvalue weighted by Crippen LogP contribution is -2.44. The fraction of sp³-hybridized carbons (Fsp3) is 0.412. The van der Waals surface area contributed by atoms with Gasteiger partial charge in [-0.2, -0.15) is 0 Å². The molecule has 28 heavy (non-hydrogen) atoms. The Hall–Kier alpha value is -1.92. The lowest BCUT2D eigenvalue weighted by Gasteiger charge is -2.19. The highest BCUT2D eigenvalue weighted by Gasteiger charge is 2.44. The van der Waals surface area contributed by atoms with Crippen molar-refractivity contribution in [1.29, 1.82) is 0 Å². The second kappa shape index (κ2) is 8.21. The highest BCUT2D eigenvalue weighted by molar-refractivity contribution is 9.10. The van der Waals surface area contributed by atoms with Crippen LogP contribution in [0.1, 0.15) is 11.8 Å². The molecule has 1 aromatic carbocycles. The third-order valence-corrected chi connectivity index (χ3v) is 5.04. The van der Waals surface area contributed by atoms with Gasteiger partial charge in [-0.25, -0.2) is 13.6 Å². The molecular weight excluding hydrogens is 446 g/mol. The number of nitrogens with zero attached hydrogens (tertiary/aromatic N) is 2. The smallest absolute Gasteiger partial charge is 0.333 e. The van der Waals surface area contributed by atoms with Gasteiger partial charge in [0.2, 0.25) is 0 Å². The molecule has 1 aliphatic heterocycles. The summed E-state index contributed by atoms with van der Waals surface area (Å²) >= 11 is 3.03. The third kappa shape index (κ3) is 3.94. The van der Waals surface area contributed by atoms with Crippen LogP contribution in [0.15, 0.2) is 38.5 Å². The minimum atomic E-state index is -1.51. The summed E-state index contributed by atoms with van der Waals surface area (Å²) < 4.78 is 33.7. The zero-order chi connectivity index (χ0) is 20.6. The quantitative estimate of drug-likeness (QED) is 0.571. The average Bonchev–Trinajstić information content (AvgIpc) is 2.92. The normalized spacial score (nSPS) is 24.6. The van der Waals surface area contributed by atoms with E-state index in [1.807, 2.05) is 0 Å². The standard InChI is InChI=1S/C17H17BrF2N2O6/c18-11-6-22(16-14(25)13(24)12(7-23)28-16)17(27)21(15(11)26)2-1-8-3-9(19)5-10(20)4-8/h3-6,12-14,16,23-25H,1-2,7H2/t12-,13-,14-,16-/m1/s1. The summed E-state index contributed by atoms with van der Waals surface area (Å²) in [6, 6.07) is 2.90. The van der Waals surface area contributed by atoms with Gasteiger partial charge in [0, 0.05) is 18.8 Å². The number of aliphatic hydroxyl groups is 3. The van der Waals surface area contributed by atoms with Crippen LogP contribution >= 0.6 is 15.9 Å². The predicted octanol–water partition coefficient (Wildman–Crippen LogP) is -0.0951. The summed E-state index contributed by atoms with van der Waals surface area (Å²) in [6.45, 7) is -0.760. The molecule has 4 atom stereocenters. The number of aryl methyl sites for hydroxylation is 1. The molecule has 0 radical (unpaired) electrons. The zero-order valence-corrected chi connectivity index (χ0v) is 15.9. The Labute approximate surface area is 165 Å². The Morgan fingerprint density at radius 1 is 1.11 bits per heavy atom. The molecule has 0 bridgehead atoms. The molecule has 3 rings (SSSR count). The van der Waals surface area contributed by atoms with Crippen molar-refractivity contribution in [2.75, 3.05) is 6.61 Å². The number of benzene rings is 1.